The number of carboxylic acids is 1. The number of halogens is 1. The van der Waals surface area contributed by atoms with Crippen molar-refractivity contribution in [3.05, 3.63) is 70.5 Å². The van der Waals surface area contributed by atoms with Gasteiger partial charge in [0.1, 0.15) is 0 Å². The molecule has 0 fully saturated rings. The first kappa shape index (κ1) is 14.3. The van der Waals surface area contributed by atoms with Gasteiger partial charge < -0.3 is 15.2 Å². The number of anilines is 1. The third-order valence-electron chi connectivity index (χ3n) is 4.70. The minimum Gasteiger partial charge on any atom is -0.545 e. The average molecular weight is 326 g/mol. The largest absolute Gasteiger partial charge is 0.545 e. The standard InChI is InChI=1S/C18H15ClN2O2/c19-13-8-7-12(18(22)23)15-10-4-3-5-11(10)16(21-17(13)15)14-6-1-2-9-20-14/h1-4,6-11,16,21H,5H2,(H,22,23)/p-1/t10-,11-,16-/m0/s1. The molecule has 0 amide bonds. The summed E-state index contributed by atoms with van der Waals surface area (Å²) in [5.74, 6) is -0.950. The van der Waals surface area contributed by atoms with Gasteiger partial charge in [0.05, 0.1) is 28.4 Å². The molecule has 1 aromatic heterocycles. The molecule has 1 aliphatic heterocycles. The fraction of sp³-hybridized carbons (Fsp3) is 0.222. The van der Waals surface area contributed by atoms with E-state index in [0.29, 0.717) is 10.7 Å². The number of hydrogen-bond acceptors (Lipinski definition) is 4. The predicted octanol–water partition coefficient (Wildman–Crippen LogP) is 2.92. The number of benzene rings is 1. The lowest BCUT2D eigenvalue weighted by Gasteiger charge is -2.38. The highest BCUT2D eigenvalue weighted by Gasteiger charge is 2.40. The number of allylic oxidation sites excluding steroid dienone is 2. The Morgan fingerprint density at radius 2 is 2.17 bits per heavy atom. The zero-order chi connectivity index (χ0) is 16.0. The molecule has 1 aromatic carbocycles. The topological polar surface area (TPSA) is 65.0 Å². The molecule has 1 N–H and O–H groups in total. The van der Waals surface area contributed by atoms with Crippen molar-refractivity contribution in [2.45, 2.75) is 18.4 Å². The van der Waals surface area contributed by atoms with E-state index in [1.54, 1.807) is 12.3 Å². The van der Waals surface area contributed by atoms with Gasteiger partial charge in [0.15, 0.2) is 0 Å². The van der Waals surface area contributed by atoms with Crippen LogP contribution in [-0.2, 0) is 0 Å². The van der Waals surface area contributed by atoms with Gasteiger partial charge in [-0.15, -0.1) is 0 Å². The maximum atomic E-state index is 11.5. The van der Waals surface area contributed by atoms with Gasteiger partial charge in [-0.3, -0.25) is 4.98 Å². The monoisotopic (exact) mass is 325 g/mol. The number of rotatable bonds is 2. The van der Waals surface area contributed by atoms with Crippen LogP contribution in [0.15, 0.2) is 48.7 Å². The summed E-state index contributed by atoms with van der Waals surface area (Å²) in [5.41, 5.74) is 2.55. The van der Waals surface area contributed by atoms with E-state index in [-0.39, 0.29) is 23.4 Å². The summed E-state index contributed by atoms with van der Waals surface area (Å²) >= 11 is 6.34. The molecule has 0 radical (unpaired) electrons. The summed E-state index contributed by atoms with van der Waals surface area (Å²) in [6.07, 6.45) is 6.81. The summed E-state index contributed by atoms with van der Waals surface area (Å²) < 4.78 is 0. The van der Waals surface area contributed by atoms with E-state index in [1.807, 2.05) is 18.2 Å². The molecule has 116 valence electrons. The Balaban J connectivity index is 1.89. The molecule has 5 heteroatoms. The number of hydrogen-bond donors (Lipinski definition) is 1. The molecule has 3 atom stereocenters. The Hall–Kier alpha value is -2.33. The molecule has 0 bridgehead atoms. The minimum atomic E-state index is -1.17. The van der Waals surface area contributed by atoms with Crippen LogP contribution >= 0.6 is 11.6 Å². The molecule has 1 aliphatic carbocycles. The van der Waals surface area contributed by atoms with Crippen LogP contribution < -0.4 is 10.4 Å². The number of aromatic carboxylic acids is 1. The molecular formula is C18H14ClN2O2-. The second-order valence-electron chi connectivity index (χ2n) is 5.90. The van der Waals surface area contributed by atoms with Crippen molar-refractivity contribution in [2.24, 2.45) is 5.92 Å². The highest BCUT2D eigenvalue weighted by atomic mass is 35.5. The smallest absolute Gasteiger partial charge is 0.0725 e. The van der Waals surface area contributed by atoms with Crippen LogP contribution in [0.25, 0.3) is 0 Å². The molecule has 4 nitrogen and oxygen atoms in total. The number of pyridine rings is 1. The number of carbonyl (C=O) groups is 1. The number of carbonyl (C=O) groups excluding carboxylic acids is 1. The zero-order valence-electron chi connectivity index (χ0n) is 12.2. The summed E-state index contributed by atoms with van der Waals surface area (Å²) in [7, 11) is 0. The van der Waals surface area contributed by atoms with Crippen molar-refractivity contribution < 1.29 is 9.90 Å². The minimum absolute atomic E-state index is 0.00166. The van der Waals surface area contributed by atoms with Gasteiger partial charge in [-0.1, -0.05) is 35.9 Å². The van der Waals surface area contributed by atoms with E-state index in [1.165, 1.54) is 6.07 Å². The van der Waals surface area contributed by atoms with Crippen LogP contribution in [0.3, 0.4) is 0 Å². The molecule has 0 saturated heterocycles. The molecule has 2 heterocycles. The Morgan fingerprint density at radius 3 is 2.91 bits per heavy atom. The van der Waals surface area contributed by atoms with E-state index < -0.39 is 5.97 Å². The maximum Gasteiger partial charge on any atom is 0.0725 e. The second kappa shape index (κ2) is 5.39. The molecule has 2 aliphatic rings. The highest BCUT2D eigenvalue weighted by Crippen LogP contribution is 2.52. The quantitative estimate of drug-likeness (QED) is 0.862. The van der Waals surface area contributed by atoms with Gasteiger partial charge in [0, 0.05) is 17.7 Å². The molecule has 23 heavy (non-hydrogen) atoms. The van der Waals surface area contributed by atoms with Crippen molar-refractivity contribution in [3.8, 4) is 0 Å². The van der Waals surface area contributed by atoms with Crippen LogP contribution in [-0.4, -0.2) is 11.0 Å². The molecule has 2 aromatic rings. The first-order valence-corrected chi connectivity index (χ1v) is 7.92. The zero-order valence-corrected chi connectivity index (χ0v) is 13.0. The van der Waals surface area contributed by atoms with Gasteiger partial charge >= 0.3 is 0 Å². The molecule has 0 spiro atoms. The van der Waals surface area contributed by atoms with Gasteiger partial charge in [-0.05, 0) is 36.1 Å². The Bertz CT molecular complexity index is 804. The van der Waals surface area contributed by atoms with E-state index in [9.17, 15) is 9.90 Å². The molecular weight excluding hydrogens is 312 g/mol. The van der Waals surface area contributed by atoms with E-state index in [0.717, 1.165) is 17.7 Å². The second-order valence-corrected chi connectivity index (χ2v) is 6.31. The Kier molecular flexibility index (Phi) is 3.34. The fourth-order valence-electron chi connectivity index (χ4n) is 3.70. The first-order chi connectivity index (χ1) is 11.2. The third kappa shape index (κ3) is 2.21. The molecule has 0 unspecified atom stereocenters. The van der Waals surface area contributed by atoms with Crippen molar-refractivity contribution in [1.29, 1.82) is 0 Å². The molecule has 0 saturated carbocycles. The van der Waals surface area contributed by atoms with Gasteiger partial charge in [-0.25, -0.2) is 0 Å². The predicted molar refractivity (Wildman–Crippen MR) is 86.4 cm³/mol. The third-order valence-corrected chi connectivity index (χ3v) is 5.01. The molecule has 4 rings (SSSR count). The van der Waals surface area contributed by atoms with Crippen molar-refractivity contribution >= 4 is 23.3 Å². The number of nitrogens with one attached hydrogen (secondary N) is 1. The first-order valence-electron chi connectivity index (χ1n) is 7.54. The maximum absolute atomic E-state index is 11.5. The van der Waals surface area contributed by atoms with Crippen molar-refractivity contribution in [2.75, 3.05) is 5.32 Å². The van der Waals surface area contributed by atoms with Crippen LogP contribution in [0.5, 0.6) is 0 Å². The summed E-state index contributed by atoms with van der Waals surface area (Å²) in [6.45, 7) is 0. The fourth-order valence-corrected chi connectivity index (χ4v) is 3.92. The van der Waals surface area contributed by atoms with Crippen LogP contribution in [0.2, 0.25) is 5.02 Å². The number of carboxylic acid groups (broad SMARTS) is 1. The Morgan fingerprint density at radius 1 is 1.30 bits per heavy atom. The summed E-state index contributed by atoms with van der Waals surface area (Å²) in [5, 5.41) is 15.4. The lowest BCUT2D eigenvalue weighted by molar-refractivity contribution is -0.255. The van der Waals surface area contributed by atoms with Crippen LogP contribution in [0.1, 0.15) is 40.0 Å². The Labute approximate surface area is 138 Å². The van der Waals surface area contributed by atoms with E-state index >= 15 is 0 Å². The SMILES string of the molecule is O=C([O-])c1ccc(Cl)c2c1[C@H]1C=CC[C@@H]1[C@@H](c1ccccn1)N2. The van der Waals surface area contributed by atoms with E-state index in [4.69, 9.17) is 11.6 Å². The average Bonchev–Trinajstić information content (AvgIpc) is 3.05. The number of nitrogens with zero attached hydrogens (tertiary/aromatic N) is 1. The van der Waals surface area contributed by atoms with Gasteiger partial charge in [0.25, 0.3) is 0 Å². The van der Waals surface area contributed by atoms with Crippen LogP contribution in [0, 0.1) is 5.92 Å². The van der Waals surface area contributed by atoms with Crippen molar-refractivity contribution in [3.63, 3.8) is 0 Å². The summed E-state index contributed by atoms with van der Waals surface area (Å²) in [6, 6.07) is 8.95. The lowest BCUT2D eigenvalue weighted by atomic mass is 9.76. The highest BCUT2D eigenvalue weighted by molar-refractivity contribution is 6.33. The van der Waals surface area contributed by atoms with Crippen LogP contribution in [0.4, 0.5) is 5.69 Å². The number of fused-ring (bicyclic) bond motifs is 3. The van der Waals surface area contributed by atoms with Gasteiger partial charge in [0.2, 0.25) is 0 Å². The van der Waals surface area contributed by atoms with Crippen molar-refractivity contribution in [1.82, 2.24) is 4.98 Å². The lowest BCUT2D eigenvalue weighted by Crippen LogP contribution is -2.33. The van der Waals surface area contributed by atoms with E-state index in [2.05, 4.69) is 22.5 Å². The number of aromatic nitrogens is 1. The summed E-state index contributed by atoms with van der Waals surface area (Å²) in [4.78, 5) is 16.0. The normalized spacial score (nSPS) is 24.7. The van der Waals surface area contributed by atoms with Gasteiger partial charge in [-0.2, -0.15) is 0 Å².